The van der Waals surface area contributed by atoms with Gasteiger partial charge in [0.15, 0.2) is 17.3 Å². The Morgan fingerprint density at radius 2 is 1.89 bits per heavy atom. The van der Waals surface area contributed by atoms with Gasteiger partial charge in [-0.2, -0.15) is 0 Å². The predicted octanol–water partition coefficient (Wildman–Crippen LogP) is 5.03. The first-order chi connectivity index (χ1) is 17.0. The van der Waals surface area contributed by atoms with Crippen LogP contribution in [-0.4, -0.2) is 56.1 Å². The van der Waals surface area contributed by atoms with Crippen molar-refractivity contribution in [1.82, 2.24) is 9.80 Å². The molecule has 2 heterocycles. The monoisotopic (exact) mass is 480 g/mol. The Labute approximate surface area is 206 Å². The minimum atomic E-state index is -0.348. The van der Waals surface area contributed by atoms with Crippen molar-refractivity contribution in [3.63, 3.8) is 0 Å². The molecule has 1 aliphatic rings. The van der Waals surface area contributed by atoms with Gasteiger partial charge in [0.2, 0.25) is 0 Å². The van der Waals surface area contributed by atoms with Crippen molar-refractivity contribution in [2.45, 2.75) is 31.8 Å². The van der Waals surface area contributed by atoms with Crippen molar-refractivity contribution < 1.29 is 23.1 Å². The molecule has 0 radical (unpaired) electrons. The van der Waals surface area contributed by atoms with Crippen LogP contribution in [0.15, 0.2) is 65.3 Å². The second kappa shape index (κ2) is 11.4. The lowest BCUT2D eigenvalue weighted by Crippen LogP contribution is -2.47. The third-order valence-corrected chi connectivity index (χ3v) is 6.93. The second-order valence-electron chi connectivity index (χ2n) is 9.10. The number of hydrogen-bond donors (Lipinski definition) is 0. The lowest BCUT2D eigenvalue weighted by Gasteiger charge is -2.40. The number of likely N-dealkylation sites (tertiary alicyclic amines) is 1. The Balaban J connectivity index is 1.46. The molecule has 1 amide bonds. The van der Waals surface area contributed by atoms with Crippen molar-refractivity contribution in [3.8, 4) is 11.5 Å². The molecule has 7 heteroatoms. The molecule has 1 saturated heterocycles. The average molecular weight is 481 g/mol. The minimum Gasteiger partial charge on any atom is -0.497 e. The number of benzene rings is 2. The van der Waals surface area contributed by atoms with E-state index in [-0.39, 0.29) is 23.5 Å². The molecule has 1 aliphatic heterocycles. The van der Waals surface area contributed by atoms with E-state index in [0.717, 1.165) is 55.8 Å². The van der Waals surface area contributed by atoms with Crippen LogP contribution in [0.1, 0.15) is 34.5 Å². The van der Waals surface area contributed by atoms with E-state index in [2.05, 4.69) is 11.0 Å². The molecule has 0 bridgehead atoms. The van der Waals surface area contributed by atoms with Gasteiger partial charge in [0.25, 0.3) is 5.91 Å². The molecule has 35 heavy (non-hydrogen) atoms. The van der Waals surface area contributed by atoms with Gasteiger partial charge in [0.05, 0.1) is 20.5 Å². The highest BCUT2D eigenvalue weighted by Crippen LogP contribution is 2.29. The van der Waals surface area contributed by atoms with Gasteiger partial charge in [-0.3, -0.25) is 9.69 Å². The minimum absolute atomic E-state index is 0.0211. The highest BCUT2D eigenvalue weighted by molar-refractivity contribution is 5.91. The van der Waals surface area contributed by atoms with E-state index in [1.165, 1.54) is 19.4 Å². The molecular weight excluding hydrogens is 447 g/mol. The summed E-state index contributed by atoms with van der Waals surface area (Å²) in [6.07, 6.45) is 4.19. The highest BCUT2D eigenvalue weighted by atomic mass is 19.1. The summed E-state index contributed by atoms with van der Waals surface area (Å²) in [5, 5.41) is 0. The fraction of sp³-hybridized carbons (Fsp3) is 0.393. The molecule has 4 rings (SSSR count). The Morgan fingerprint density at radius 3 is 2.57 bits per heavy atom. The van der Waals surface area contributed by atoms with Gasteiger partial charge in [-0.15, -0.1) is 0 Å². The second-order valence-corrected chi connectivity index (χ2v) is 9.10. The van der Waals surface area contributed by atoms with Crippen molar-refractivity contribution in [2.75, 3.05) is 34.4 Å². The van der Waals surface area contributed by atoms with Crippen LogP contribution in [0.5, 0.6) is 11.5 Å². The summed E-state index contributed by atoms with van der Waals surface area (Å²) >= 11 is 0. The summed E-state index contributed by atoms with van der Waals surface area (Å²) < 4.78 is 29.7. The van der Waals surface area contributed by atoms with E-state index >= 15 is 0 Å². The lowest BCUT2D eigenvalue weighted by atomic mass is 9.84. The topological polar surface area (TPSA) is 55.2 Å². The summed E-state index contributed by atoms with van der Waals surface area (Å²) in [6, 6.07) is 16.5. The van der Waals surface area contributed by atoms with Crippen LogP contribution >= 0.6 is 0 Å². The van der Waals surface area contributed by atoms with Crippen molar-refractivity contribution in [2.24, 2.45) is 5.92 Å². The fourth-order valence-corrected chi connectivity index (χ4v) is 4.94. The summed E-state index contributed by atoms with van der Waals surface area (Å²) in [5.41, 5.74) is 2.16. The van der Waals surface area contributed by atoms with Gasteiger partial charge in [0.1, 0.15) is 5.75 Å². The van der Waals surface area contributed by atoms with Gasteiger partial charge < -0.3 is 18.8 Å². The van der Waals surface area contributed by atoms with Gasteiger partial charge >= 0.3 is 0 Å². The zero-order valence-corrected chi connectivity index (χ0v) is 20.6. The van der Waals surface area contributed by atoms with E-state index in [4.69, 9.17) is 13.9 Å². The number of amides is 1. The van der Waals surface area contributed by atoms with Crippen LogP contribution in [0.4, 0.5) is 4.39 Å². The van der Waals surface area contributed by atoms with E-state index in [1.807, 2.05) is 36.2 Å². The van der Waals surface area contributed by atoms with Crippen molar-refractivity contribution in [3.05, 3.63) is 83.6 Å². The Kier molecular flexibility index (Phi) is 8.08. The van der Waals surface area contributed by atoms with E-state index in [0.29, 0.717) is 11.7 Å². The molecule has 1 unspecified atom stereocenters. The summed E-state index contributed by atoms with van der Waals surface area (Å²) in [5.74, 6) is 1.32. The number of likely N-dealkylation sites (N-methyl/N-ethyl adjacent to an activating group) is 1. The third-order valence-electron chi connectivity index (χ3n) is 6.93. The van der Waals surface area contributed by atoms with Gasteiger partial charge in [-0.1, -0.05) is 18.2 Å². The van der Waals surface area contributed by atoms with Crippen LogP contribution in [0.2, 0.25) is 0 Å². The highest BCUT2D eigenvalue weighted by Gasteiger charge is 2.32. The molecule has 6 nitrogen and oxygen atoms in total. The van der Waals surface area contributed by atoms with Crippen LogP contribution in [-0.2, 0) is 13.0 Å². The molecule has 0 aliphatic carbocycles. The fourth-order valence-electron chi connectivity index (χ4n) is 4.94. The van der Waals surface area contributed by atoms with Crippen LogP contribution in [0.3, 0.4) is 0 Å². The molecular formula is C28H33FN2O4. The first kappa shape index (κ1) is 24.8. The van der Waals surface area contributed by atoms with Gasteiger partial charge in [-0.05, 0) is 85.8 Å². The molecule has 0 saturated carbocycles. The van der Waals surface area contributed by atoms with E-state index in [1.54, 1.807) is 25.3 Å². The maximum Gasteiger partial charge on any atom is 0.289 e. The number of methoxy groups -OCH3 is 2. The third kappa shape index (κ3) is 6.03. The summed E-state index contributed by atoms with van der Waals surface area (Å²) in [7, 11) is 5.01. The normalized spacial score (nSPS) is 15.5. The molecule has 0 N–H and O–H groups in total. The van der Waals surface area contributed by atoms with Crippen LogP contribution in [0, 0.1) is 11.7 Å². The largest absolute Gasteiger partial charge is 0.497 e. The number of nitrogens with zero attached hydrogens (tertiary/aromatic N) is 2. The van der Waals surface area contributed by atoms with Crippen LogP contribution in [0.25, 0.3) is 0 Å². The number of hydrogen-bond acceptors (Lipinski definition) is 5. The standard InChI is InChI=1S/C28H33FN2O4/c1-30(28(32)26-8-5-15-35-26)25(17-20-6-4-7-23(16-20)33-2)22-11-13-31(14-12-22)19-21-9-10-24(29)27(18-21)34-3/h4-10,15-16,18,22,25H,11-14,17,19H2,1-3H3. The van der Waals surface area contributed by atoms with Crippen molar-refractivity contribution in [1.29, 1.82) is 0 Å². The Morgan fingerprint density at radius 1 is 1.09 bits per heavy atom. The molecule has 0 spiro atoms. The first-order valence-electron chi connectivity index (χ1n) is 12.0. The van der Waals surface area contributed by atoms with Gasteiger partial charge in [0, 0.05) is 19.6 Å². The Bertz CT molecular complexity index is 1110. The molecule has 2 aromatic carbocycles. The van der Waals surface area contributed by atoms with Crippen LogP contribution < -0.4 is 9.47 Å². The molecule has 1 aromatic heterocycles. The number of carbonyl (C=O) groups excluding carboxylic acids is 1. The van der Waals surface area contributed by atoms with Gasteiger partial charge in [-0.25, -0.2) is 4.39 Å². The lowest BCUT2D eigenvalue weighted by molar-refractivity contribution is 0.0556. The number of halogens is 1. The van der Waals surface area contributed by atoms with E-state index < -0.39 is 0 Å². The number of furan rings is 1. The average Bonchev–Trinajstić information content (AvgIpc) is 3.43. The van der Waals surface area contributed by atoms with E-state index in [9.17, 15) is 9.18 Å². The first-order valence-corrected chi connectivity index (χ1v) is 12.0. The quantitative estimate of drug-likeness (QED) is 0.430. The van der Waals surface area contributed by atoms with Crippen molar-refractivity contribution >= 4 is 5.91 Å². The number of rotatable bonds is 9. The number of carbonyl (C=O) groups is 1. The smallest absolute Gasteiger partial charge is 0.289 e. The number of ether oxygens (including phenoxy) is 2. The molecule has 3 aromatic rings. The molecule has 186 valence electrons. The SMILES string of the molecule is COc1cccc(CC(C2CCN(Cc3ccc(F)c(OC)c3)CC2)N(C)C(=O)c2ccco2)c1. The Hall–Kier alpha value is -3.32. The summed E-state index contributed by atoms with van der Waals surface area (Å²) in [4.78, 5) is 17.4. The maximum atomic E-state index is 13.8. The zero-order chi connectivity index (χ0) is 24.8. The molecule has 1 fully saturated rings. The molecule has 1 atom stereocenters. The maximum absolute atomic E-state index is 13.8. The summed E-state index contributed by atoms with van der Waals surface area (Å²) in [6.45, 7) is 2.55. The zero-order valence-electron chi connectivity index (χ0n) is 20.6. The predicted molar refractivity (Wildman–Crippen MR) is 132 cm³/mol. The number of piperidine rings is 1.